The number of fused-ring (bicyclic) bond motifs is 1. The van der Waals surface area contributed by atoms with E-state index in [1.807, 2.05) is 0 Å². The lowest BCUT2D eigenvalue weighted by Crippen LogP contribution is -2.62. The molecule has 8 rings (SSSR count). The van der Waals surface area contributed by atoms with Crippen LogP contribution in [0.1, 0.15) is 23.3 Å². The van der Waals surface area contributed by atoms with Gasteiger partial charge in [-0.3, -0.25) is 0 Å². The van der Waals surface area contributed by atoms with Gasteiger partial charge < -0.3 is 128 Å². The molecule has 6 aliphatic rings. The summed E-state index contributed by atoms with van der Waals surface area (Å²) >= 11 is 0. The first kappa shape index (κ1) is 52.8. The highest BCUT2D eigenvalue weighted by atomic mass is 16.8. The van der Waals surface area contributed by atoms with Crippen LogP contribution in [0.4, 0.5) is 0 Å². The maximum absolute atomic E-state index is 11.1. The average molecular weight is 1010 g/mol. The third-order valence-electron chi connectivity index (χ3n) is 13.7. The predicted molar refractivity (Wildman–Crippen MR) is 226 cm³/mol. The molecule has 0 unspecified atom stereocenters. The minimum Gasteiger partial charge on any atom is -0.493 e. The number of rotatable bonds is 18. The zero-order valence-electron chi connectivity index (χ0n) is 38.4. The van der Waals surface area contributed by atoms with E-state index in [9.17, 15) is 61.3 Å². The summed E-state index contributed by atoms with van der Waals surface area (Å²) in [4.78, 5) is 0. The monoisotopic (exact) mass is 1010 g/mol. The Balaban J connectivity index is 1.01. The molecule has 0 aliphatic carbocycles. The Morgan fingerprint density at radius 1 is 0.500 bits per heavy atom. The zero-order chi connectivity index (χ0) is 50.4. The fraction of sp³-hybridized carbons (Fsp3) is 0.727. The fourth-order valence-electron chi connectivity index (χ4n) is 9.55. The molecule has 26 heteroatoms. The molecule has 26 nitrogen and oxygen atoms in total. The van der Waals surface area contributed by atoms with Gasteiger partial charge >= 0.3 is 0 Å². The van der Waals surface area contributed by atoms with Crippen molar-refractivity contribution in [1.29, 1.82) is 0 Å². The minimum atomic E-state index is -2.07. The number of methoxy groups -OCH3 is 4. The van der Waals surface area contributed by atoms with Crippen LogP contribution < -0.4 is 28.4 Å². The average Bonchev–Trinajstić information content (AvgIpc) is 4.13. The van der Waals surface area contributed by atoms with E-state index in [4.69, 9.17) is 66.3 Å². The third-order valence-corrected chi connectivity index (χ3v) is 13.7. The summed E-state index contributed by atoms with van der Waals surface area (Å²) in [5, 5.41) is 125. The van der Waals surface area contributed by atoms with Gasteiger partial charge in [-0.15, -0.1) is 0 Å². The van der Waals surface area contributed by atoms with E-state index in [1.165, 1.54) is 28.4 Å². The summed E-state index contributed by atoms with van der Waals surface area (Å²) in [6.45, 7) is -3.77. The van der Waals surface area contributed by atoms with E-state index in [0.29, 0.717) is 11.1 Å². The molecule has 6 fully saturated rings. The minimum absolute atomic E-state index is 0.0450. The lowest BCUT2D eigenvalue weighted by atomic mass is 9.84. The highest BCUT2D eigenvalue weighted by Gasteiger charge is 2.56. The number of aliphatic hydroxyl groups excluding tert-OH is 10. The molecule has 20 atom stereocenters. The maximum Gasteiger partial charge on any atom is 0.230 e. The molecule has 0 bridgehead atoms. The lowest BCUT2D eigenvalue weighted by Gasteiger charge is -2.42. The summed E-state index contributed by atoms with van der Waals surface area (Å²) in [5.74, 6) is -0.146. The topological polar surface area (TPSA) is 372 Å². The summed E-state index contributed by atoms with van der Waals surface area (Å²) in [6.07, 6.45) is -24.0. The molecular formula is C44H62O26. The number of aliphatic hydroxyl groups is 12. The van der Waals surface area contributed by atoms with Crippen LogP contribution in [0, 0.1) is 11.8 Å². The first-order valence-corrected chi connectivity index (χ1v) is 22.4. The van der Waals surface area contributed by atoms with Gasteiger partial charge in [-0.05, 0) is 35.4 Å². The van der Waals surface area contributed by atoms with Crippen LogP contribution >= 0.6 is 0 Å². The SMILES string of the molecule is COc1cc([C@@H]2OC[C@@H]3[C@H]2CO[C@H]3c2cc(OC)c(O[C@@H]3O[C@@H](CO)[C@H](O)[C@H](O)[C@@H]3O[C@@H]3OC[C@@](O)(CO)[C@@H]3O)c(OC)c2)cc(OC)c1O[C@H]1O[C@@H](CO)[C@H](O)[C@@H](O)[C@@H]1O[C@@H]1OC[C@@](O)(CO)[C@@H]1O. The Bertz CT molecular complexity index is 1890. The molecule has 6 saturated heterocycles. The molecule has 0 radical (unpaired) electrons. The van der Waals surface area contributed by atoms with E-state index >= 15 is 0 Å². The van der Waals surface area contributed by atoms with Crippen molar-refractivity contribution in [3.8, 4) is 34.5 Å². The first-order chi connectivity index (χ1) is 33.5. The van der Waals surface area contributed by atoms with Crippen molar-refractivity contribution in [2.75, 3.05) is 81.3 Å². The third kappa shape index (κ3) is 9.59. The van der Waals surface area contributed by atoms with Gasteiger partial charge in [0.2, 0.25) is 24.1 Å². The van der Waals surface area contributed by atoms with Crippen molar-refractivity contribution >= 4 is 0 Å². The van der Waals surface area contributed by atoms with Gasteiger partial charge in [0, 0.05) is 11.8 Å². The van der Waals surface area contributed by atoms with Crippen molar-refractivity contribution < 1.29 is 128 Å². The van der Waals surface area contributed by atoms with Crippen molar-refractivity contribution in [3.63, 3.8) is 0 Å². The Kier molecular flexibility index (Phi) is 16.2. The quantitative estimate of drug-likeness (QED) is 0.0666. The lowest BCUT2D eigenvalue weighted by molar-refractivity contribution is -0.319. The summed E-state index contributed by atoms with van der Waals surface area (Å²) in [5.41, 5.74) is -2.96. The fourth-order valence-corrected chi connectivity index (χ4v) is 9.55. The molecule has 0 aromatic heterocycles. The Morgan fingerprint density at radius 2 is 0.843 bits per heavy atom. The van der Waals surface area contributed by atoms with Crippen molar-refractivity contribution in [2.45, 2.75) is 110 Å². The number of hydrogen-bond acceptors (Lipinski definition) is 26. The van der Waals surface area contributed by atoms with Crippen LogP contribution in [-0.4, -0.2) is 240 Å². The van der Waals surface area contributed by atoms with Gasteiger partial charge in [-0.2, -0.15) is 0 Å². The molecule has 6 heterocycles. The Hall–Kier alpha value is -3.56. The van der Waals surface area contributed by atoms with Crippen LogP contribution in [0.2, 0.25) is 0 Å². The van der Waals surface area contributed by atoms with Crippen LogP contribution in [-0.2, 0) is 37.9 Å². The van der Waals surface area contributed by atoms with Gasteiger partial charge in [0.25, 0.3) is 0 Å². The van der Waals surface area contributed by atoms with Gasteiger partial charge in [0.1, 0.15) is 60.0 Å². The van der Waals surface area contributed by atoms with E-state index in [1.54, 1.807) is 24.3 Å². The molecule has 0 saturated carbocycles. The van der Waals surface area contributed by atoms with Gasteiger partial charge in [0.15, 0.2) is 47.8 Å². The van der Waals surface area contributed by atoms with Gasteiger partial charge in [0.05, 0.1) is 93.5 Å². The highest BCUT2D eigenvalue weighted by Crippen LogP contribution is 2.54. The molecule has 2 aromatic carbocycles. The molecular weight excluding hydrogens is 944 g/mol. The molecule has 0 spiro atoms. The smallest absolute Gasteiger partial charge is 0.230 e. The largest absolute Gasteiger partial charge is 0.493 e. The van der Waals surface area contributed by atoms with E-state index in [-0.39, 0.29) is 59.5 Å². The Labute approximate surface area is 399 Å². The molecule has 2 aromatic rings. The van der Waals surface area contributed by atoms with Crippen molar-refractivity contribution in [1.82, 2.24) is 0 Å². The Morgan fingerprint density at radius 3 is 1.13 bits per heavy atom. The van der Waals surface area contributed by atoms with E-state index in [2.05, 4.69) is 0 Å². The maximum atomic E-state index is 11.1. The number of hydrogen-bond donors (Lipinski definition) is 12. The van der Waals surface area contributed by atoms with Crippen molar-refractivity contribution in [3.05, 3.63) is 35.4 Å². The van der Waals surface area contributed by atoms with Crippen molar-refractivity contribution in [2.24, 2.45) is 11.8 Å². The van der Waals surface area contributed by atoms with Crippen LogP contribution in [0.5, 0.6) is 34.5 Å². The molecule has 6 aliphatic heterocycles. The zero-order valence-corrected chi connectivity index (χ0v) is 38.4. The summed E-state index contributed by atoms with van der Waals surface area (Å²) in [7, 11) is 5.47. The van der Waals surface area contributed by atoms with E-state index < -0.39 is 149 Å². The second-order valence-corrected chi connectivity index (χ2v) is 18.0. The normalized spacial score (nSPS) is 41.6. The summed E-state index contributed by atoms with van der Waals surface area (Å²) < 4.78 is 82.3. The molecule has 12 N–H and O–H groups in total. The highest BCUT2D eigenvalue weighted by molar-refractivity contribution is 5.56. The predicted octanol–water partition coefficient (Wildman–Crippen LogP) is -4.92. The number of ether oxygens (including phenoxy) is 14. The van der Waals surface area contributed by atoms with Crippen LogP contribution in [0.15, 0.2) is 24.3 Å². The second kappa shape index (κ2) is 21.5. The molecule has 70 heavy (non-hydrogen) atoms. The van der Waals surface area contributed by atoms with Crippen LogP contribution in [0.25, 0.3) is 0 Å². The van der Waals surface area contributed by atoms with Crippen LogP contribution in [0.3, 0.4) is 0 Å². The standard InChI is InChI=1S/C44H62O26/c1-57-21-5-17(6-22(58-2)33(21)67-39-35(29(51)27(49)25(9-45)65-39)69-41-37(53)43(55,13-47)15-63-41)31-19-11-62-32(20(19)12-61-31)18-7-23(59-3)34(24(8-18)60-4)68-40-36(30(52)28(50)26(10-46)66-40)70-42-38(54)44(56,14-48)16-64-42/h5-8,19-20,25-32,35-42,45-56H,9-16H2,1-4H3/t19-,20-,25+,26+,27+,28+,29-,30+,31+,32+,35+,36+,37-,38-,39-,40+,41+,42+,43+,44+/m1/s1. The molecule has 0 amide bonds. The second-order valence-electron chi connectivity index (χ2n) is 18.0. The summed E-state index contributed by atoms with van der Waals surface area (Å²) in [6, 6.07) is 6.57. The first-order valence-electron chi connectivity index (χ1n) is 22.4. The van der Waals surface area contributed by atoms with Gasteiger partial charge in [-0.1, -0.05) is 0 Å². The molecule has 394 valence electrons. The van der Waals surface area contributed by atoms with E-state index in [0.717, 1.165) is 0 Å². The van der Waals surface area contributed by atoms with Gasteiger partial charge in [-0.25, -0.2) is 0 Å². The number of benzene rings is 2.